The molecule has 2 aromatic rings. The third-order valence-electron chi connectivity index (χ3n) is 5.34. The van der Waals surface area contributed by atoms with Gasteiger partial charge >= 0.3 is 0 Å². The predicted molar refractivity (Wildman–Crippen MR) is 104 cm³/mol. The van der Waals surface area contributed by atoms with Gasteiger partial charge in [-0.05, 0) is 49.6 Å². The fraction of sp³-hybridized carbons (Fsp3) is 0.409. The van der Waals surface area contributed by atoms with Crippen LogP contribution in [0.15, 0.2) is 48.5 Å². The molecule has 0 bridgehead atoms. The van der Waals surface area contributed by atoms with Crippen LogP contribution in [0.25, 0.3) is 0 Å². The van der Waals surface area contributed by atoms with Gasteiger partial charge in [0.1, 0.15) is 13.2 Å². The number of hydrogen-bond acceptors (Lipinski definition) is 4. The minimum atomic E-state index is 0.00838. The Hall–Kier alpha value is -2.53. The fourth-order valence-electron chi connectivity index (χ4n) is 3.96. The van der Waals surface area contributed by atoms with E-state index < -0.39 is 0 Å². The molecule has 0 spiro atoms. The maximum Gasteiger partial charge on any atom is 0.234 e. The molecule has 4 rings (SSSR count). The Morgan fingerprint density at radius 2 is 1.93 bits per heavy atom. The van der Waals surface area contributed by atoms with Crippen LogP contribution in [0, 0.1) is 0 Å². The lowest BCUT2D eigenvalue weighted by molar-refractivity contribution is -0.123. The van der Waals surface area contributed by atoms with Gasteiger partial charge in [0.15, 0.2) is 11.5 Å². The van der Waals surface area contributed by atoms with E-state index >= 15 is 0 Å². The number of benzene rings is 2. The number of rotatable bonds is 5. The number of nitrogens with zero attached hydrogens (tertiary/aromatic N) is 1. The highest BCUT2D eigenvalue weighted by molar-refractivity contribution is 5.78. The molecule has 2 atom stereocenters. The van der Waals surface area contributed by atoms with Crippen LogP contribution in [0.3, 0.4) is 0 Å². The zero-order valence-electron chi connectivity index (χ0n) is 15.7. The van der Waals surface area contributed by atoms with Gasteiger partial charge in [-0.15, -0.1) is 0 Å². The second-order valence-electron chi connectivity index (χ2n) is 7.23. The molecule has 5 nitrogen and oxygen atoms in total. The van der Waals surface area contributed by atoms with Crippen LogP contribution in [-0.4, -0.2) is 37.1 Å². The number of amides is 1. The Bertz CT molecular complexity index is 793. The summed E-state index contributed by atoms with van der Waals surface area (Å²) in [4.78, 5) is 14.9. The second-order valence-corrected chi connectivity index (χ2v) is 7.23. The topological polar surface area (TPSA) is 50.8 Å². The first-order valence-corrected chi connectivity index (χ1v) is 9.68. The quantitative estimate of drug-likeness (QED) is 0.880. The summed E-state index contributed by atoms with van der Waals surface area (Å²) >= 11 is 0. The summed E-state index contributed by atoms with van der Waals surface area (Å²) in [7, 11) is 0. The molecule has 2 aliphatic rings. The number of fused-ring (bicyclic) bond motifs is 1. The summed E-state index contributed by atoms with van der Waals surface area (Å²) in [6, 6.07) is 16.5. The van der Waals surface area contributed by atoms with Crippen molar-refractivity contribution < 1.29 is 14.3 Å². The average Bonchev–Trinajstić information content (AvgIpc) is 3.16. The normalized spacial score (nSPS) is 20.3. The van der Waals surface area contributed by atoms with Gasteiger partial charge in [-0.1, -0.05) is 36.4 Å². The van der Waals surface area contributed by atoms with E-state index in [4.69, 9.17) is 9.47 Å². The summed E-state index contributed by atoms with van der Waals surface area (Å²) in [6.45, 7) is 4.56. The van der Waals surface area contributed by atoms with Crippen LogP contribution < -0.4 is 14.8 Å². The van der Waals surface area contributed by atoms with E-state index in [0.29, 0.717) is 19.8 Å². The molecule has 142 valence electrons. The summed E-state index contributed by atoms with van der Waals surface area (Å²) in [5.74, 6) is 1.69. The molecule has 5 heteroatoms. The monoisotopic (exact) mass is 366 g/mol. The predicted octanol–water partition coefficient (Wildman–Crippen LogP) is 3.47. The molecule has 1 N–H and O–H groups in total. The number of hydrogen-bond donors (Lipinski definition) is 1. The van der Waals surface area contributed by atoms with Crippen molar-refractivity contribution in [3.63, 3.8) is 0 Å². The van der Waals surface area contributed by atoms with E-state index in [9.17, 15) is 4.79 Å². The van der Waals surface area contributed by atoms with E-state index in [1.54, 1.807) is 0 Å². The SMILES string of the molecule is C[C@H](NC(=O)CN1CCC[C@H]1c1ccc2c(c1)OCCO2)c1ccccc1. The largest absolute Gasteiger partial charge is 0.486 e. The Balaban J connectivity index is 1.40. The van der Waals surface area contributed by atoms with Crippen molar-refractivity contribution in [2.45, 2.75) is 31.8 Å². The molecule has 0 radical (unpaired) electrons. The van der Waals surface area contributed by atoms with Gasteiger partial charge < -0.3 is 14.8 Å². The van der Waals surface area contributed by atoms with Crippen LogP contribution in [0.1, 0.15) is 43.0 Å². The van der Waals surface area contributed by atoms with E-state index in [0.717, 1.165) is 36.4 Å². The molecular formula is C22H26N2O3. The van der Waals surface area contributed by atoms with Crippen LogP contribution in [0.2, 0.25) is 0 Å². The molecule has 0 aromatic heterocycles. The molecule has 27 heavy (non-hydrogen) atoms. The van der Waals surface area contributed by atoms with Crippen molar-refractivity contribution in [1.82, 2.24) is 10.2 Å². The third-order valence-corrected chi connectivity index (χ3v) is 5.34. The molecule has 2 heterocycles. The molecular weight excluding hydrogens is 340 g/mol. The number of ether oxygens (including phenoxy) is 2. The Kier molecular flexibility index (Phi) is 5.30. The van der Waals surface area contributed by atoms with Crippen molar-refractivity contribution in [3.05, 3.63) is 59.7 Å². The minimum absolute atomic E-state index is 0.00838. The number of nitrogens with one attached hydrogen (secondary N) is 1. The molecule has 0 aliphatic carbocycles. The van der Waals surface area contributed by atoms with Crippen molar-refractivity contribution in [1.29, 1.82) is 0 Å². The minimum Gasteiger partial charge on any atom is -0.486 e. The third kappa shape index (κ3) is 4.08. The lowest BCUT2D eigenvalue weighted by atomic mass is 10.0. The van der Waals surface area contributed by atoms with Crippen molar-refractivity contribution in [2.24, 2.45) is 0 Å². The zero-order chi connectivity index (χ0) is 18.6. The van der Waals surface area contributed by atoms with Gasteiger partial charge in [0.05, 0.1) is 12.6 Å². The Labute approximate surface area is 160 Å². The van der Waals surface area contributed by atoms with Crippen molar-refractivity contribution >= 4 is 5.91 Å². The molecule has 2 aromatic carbocycles. The van der Waals surface area contributed by atoms with Gasteiger partial charge in [0.25, 0.3) is 0 Å². The first kappa shape index (κ1) is 17.9. The maximum absolute atomic E-state index is 12.6. The summed E-state index contributed by atoms with van der Waals surface area (Å²) in [5, 5.41) is 3.12. The molecule has 2 aliphatic heterocycles. The van der Waals surface area contributed by atoms with Gasteiger partial charge in [-0.2, -0.15) is 0 Å². The first-order chi connectivity index (χ1) is 13.2. The van der Waals surface area contributed by atoms with Gasteiger partial charge in [0.2, 0.25) is 5.91 Å². The number of likely N-dealkylation sites (tertiary alicyclic amines) is 1. The highest BCUT2D eigenvalue weighted by atomic mass is 16.6. The van der Waals surface area contributed by atoms with Crippen LogP contribution in [0.5, 0.6) is 11.5 Å². The van der Waals surface area contributed by atoms with Crippen molar-refractivity contribution in [2.75, 3.05) is 26.3 Å². The summed E-state index contributed by atoms with van der Waals surface area (Å²) in [6.07, 6.45) is 2.15. The van der Waals surface area contributed by atoms with E-state index in [1.165, 1.54) is 5.56 Å². The highest BCUT2D eigenvalue weighted by Crippen LogP contribution is 2.37. The van der Waals surface area contributed by atoms with Crippen LogP contribution in [-0.2, 0) is 4.79 Å². The maximum atomic E-state index is 12.6. The molecule has 0 unspecified atom stereocenters. The van der Waals surface area contributed by atoms with Crippen LogP contribution >= 0.6 is 0 Å². The van der Waals surface area contributed by atoms with Gasteiger partial charge in [-0.3, -0.25) is 9.69 Å². The lowest BCUT2D eigenvalue weighted by Gasteiger charge is -2.26. The van der Waals surface area contributed by atoms with Gasteiger partial charge in [-0.25, -0.2) is 0 Å². The number of carbonyl (C=O) groups is 1. The lowest BCUT2D eigenvalue weighted by Crippen LogP contribution is -2.38. The van der Waals surface area contributed by atoms with E-state index in [1.807, 2.05) is 43.3 Å². The standard InChI is InChI=1S/C22H26N2O3/c1-16(17-6-3-2-4-7-17)23-22(25)15-24-11-5-8-19(24)18-9-10-20-21(14-18)27-13-12-26-20/h2-4,6-7,9-10,14,16,19H,5,8,11-13,15H2,1H3,(H,23,25)/t16-,19-/m0/s1. The van der Waals surface area contributed by atoms with E-state index in [-0.39, 0.29) is 18.0 Å². The first-order valence-electron chi connectivity index (χ1n) is 9.68. The molecule has 1 amide bonds. The second kappa shape index (κ2) is 8.01. The smallest absolute Gasteiger partial charge is 0.234 e. The number of carbonyl (C=O) groups excluding carboxylic acids is 1. The average molecular weight is 366 g/mol. The van der Waals surface area contributed by atoms with Gasteiger partial charge in [0, 0.05) is 6.04 Å². The van der Waals surface area contributed by atoms with Crippen LogP contribution in [0.4, 0.5) is 0 Å². The summed E-state index contributed by atoms with van der Waals surface area (Å²) < 4.78 is 11.3. The highest BCUT2D eigenvalue weighted by Gasteiger charge is 2.29. The van der Waals surface area contributed by atoms with E-state index in [2.05, 4.69) is 22.3 Å². The zero-order valence-corrected chi connectivity index (χ0v) is 15.7. The fourth-order valence-corrected chi connectivity index (χ4v) is 3.96. The Morgan fingerprint density at radius 1 is 1.15 bits per heavy atom. The molecule has 0 saturated carbocycles. The molecule has 1 fully saturated rings. The summed E-state index contributed by atoms with van der Waals surface area (Å²) in [5.41, 5.74) is 2.32. The molecule has 1 saturated heterocycles. The van der Waals surface area contributed by atoms with Crippen molar-refractivity contribution in [3.8, 4) is 11.5 Å². The Morgan fingerprint density at radius 3 is 2.74 bits per heavy atom.